The van der Waals surface area contributed by atoms with E-state index < -0.39 is 0 Å². The Morgan fingerprint density at radius 3 is 2.95 bits per heavy atom. The van der Waals surface area contributed by atoms with Crippen LogP contribution >= 0.6 is 0 Å². The molecule has 4 nitrogen and oxygen atoms in total. The number of hydrogen-bond acceptors (Lipinski definition) is 3. The van der Waals surface area contributed by atoms with E-state index in [9.17, 15) is 0 Å². The Morgan fingerprint density at radius 1 is 1.20 bits per heavy atom. The minimum Gasteiger partial charge on any atom is -0.367 e. The van der Waals surface area contributed by atoms with Gasteiger partial charge in [0, 0.05) is 6.61 Å². The second kappa shape index (κ2) is 4.42. The smallest absolute Gasteiger partial charge is 0.163 e. The van der Waals surface area contributed by atoms with Gasteiger partial charge < -0.3 is 4.74 Å². The number of aryl methyl sites for hydroxylation is 2. The monoisotopic (exact) mass is 269 g/mol. The number of ether oxygens (including phenoxy) is 1. The summed E-state index contributed by atoms with van der Waals surface area (Å²) in [6.07, 6.45) is 7.39. The van der Waals surface area contributed by atoms with Crippen LogP contribution in [0.3, 0.4) is 0 Å². The van der Waals surface area contributed by atoms with Crippen molar-refractivity contribution in [3.63, 3.8) is 0 Å². The lowest BCUT2D eigenvalue weighted by molar-refractivity contribution is 0.00765. The van der Waals surface area contributed by atoms with E-state index >= 15 is 0 Å². The van der Waals surface area contributed by atoms with Crippen molar-refractivity contribution in [2.45, 2.75) is 44.6 Å². The van der Waals surface area contributed by atoms with Crippen LogP contribution in [0.15, 0.2) is 24.5 Å². The Hall–Kier alpha value is -1.68. The second-order valence-electron chi connectivity index (χ2n) is 5.98. The lowest BCUT2D eigenvalue weighted by atomic mass is 10.0. The van der Waals surface area contributed by atoms with E-state index in [0.29, 0.717) is 0 Å². The topological polar surface area (TPSA) is 39.9 Å². The highest BCUT2D eigenvalue weighted by Gasteiger charge is 2.36. The van der Waals surface area contributed by atoms with Crippen LogP contribution in [0.1, 0.15) is 43.1 Å². The van der Waals surface area contributed by atoms with E-state index in [1.54, 1.807) is 6.33 Å². The standard InChI is InChI=1S/C16H19N3O/c1-16(8-3-9-20-16)15-17-11-18-19(15)14-7-6-12-4-2-5-13(12)10-14/h6-7,10-11H,2-5,8-9H2,1H3/t16-/m1/s1. The molecule has 0 spiro atoms. The van der Waals surface area contributed by atoms with Gasteiger partial charge in [-0.25, -0.2) is 9.67 Å². The SMILES string of the molecule is C[C@]1(c2ncnn2-c2ccc3c(c2)CCC3)CCCO1. The van der Waals surface area contributed by atoms with E-state index in [1.165, 1.54) is 30.4 Å². The summed E-state index contributed by atoms with van der Waals surface area (Å²) < 4.78 is 7.86. The van der Waals surface area contributed by atoms with Gasteiger partial charge >= 0.3 is 0 Å². The third-order valence-corrected chi connectivity index (χ3v) is 4.57. The first kappa shape index (κ1) is 12.1. The van der Waals surface area contributed by atoms with E-state index in [-0.39, 0.29) is 5.60 Å². The van der Waals surface area contributed by atoms with Gasteiger partial charge in [0.25, 0.3) is 0 Å². The first-order chi connectivity index (χ1) is 9.76. The van der Waals surface area contributed by atoms with Gasteiger partial charge in [0.15, 0.2) is 5.82 Å². The van der Waals surface area contributed by atoms with Crippen LogP contribution < -0.4 is 0 Å². The summed E-state index contributed by atoms with van der Waals surface area (Å²) >= 11 is 0. The highest BCUT2D eigenvalue weighted by atomic mass is 16.5. The number of fused-ring (bicyclic) bond motifs is 1. The molecule has 0 amide bonds. The van der Waals surface area contributed by atoms with Gasteiger partial charge in [0.05, 0.1) is 5.69 Å². The molecular weight excluding hydrogens is 250 g/mol. The maximum Gasteiger partial charge on any atom is 0.163 e. The fourth-order valence-electron chi connectivity index (χ4n) is 3.44. The van der Waals surface area contributed by atoms with Gasteiger partial charge in [-0.1, -0.05) is 6.07 Å². The van der Waals surface area contributed by atoms with E-state index in [2.05, 4.69) is 35.2 Å². The Bertz CT molecular complexity index is 641. The van der Waals surface area contributed by atoms with Crippen LogP contribution in [0.25, 0.3) is 5.69 Å². The van der Waals surface area contributed by atoms with Crippen molar-refractivity contribution in [1.82, 2.24) is 14.8 Å². The molecule has 1 aromatic heterocycles. The number of rotatable bonds is 2. The predicted molar refractivity (Wildman–Crippen MR) is 75.9 cm³/mol. The average Bonchev–Trinajstić information content (AvgIpc) is 3.18. The summed E-state index contributed by atoms with van der Waals surface area (Å²) in [4.78, 5) is 4.47. The minimum absolute atomic E-state index is 0.296. The largest absolute Gasteiger partial charge is 0.367 e. The van der Waals surface area contributed by atoms with Crippen molar-refractivity contribution < 1.29 is 4.74 Å². The second-order valence-corrected chi connectivity index (χ2v) is 5.98. The van der Waals surface area contributed by atoms with Crippen LogP contribution in [-0.2, 0) is 23.2 Å². The van der Waals surface area contributed by atoms with Gasteiger partial charge in [-0.2, -0.15) is 5.10 Å². The molecule has 4 rings (SSSR count). The molecule has 0 bridgehead atoms. The minimum atomic E-state index is -0.296. The highest BCUT2D eigenvalue weighted by Crippen LogP contribution is 2.35. The fraction of sp³-hybridized carbons (Fsp3) is 0.500. The third kappa shape index (κ3) is 1.79. The Kier molecular flexibility index (Phi) is 2.67. The van der Waals surface area contributed by atoms with Crippen molar-refractivity contribution in [1.29, 1.82) is 0 Å². The van der Waals surface area contributed by atoms with Crippen molar-refractivity contribution in [2.24, 2.45) is 0 Å². The molecule has 0 unspecified atom stereocenters. The molecule has 1 aliphatic heterocycles. The summed E-state index contributed by atoms with van der Waals surface area (Å²) in [6, 6.07) is 6.65. The van der Waals surface area contributed by atoms with Crippen molar-refractivity contribution in [2.75, 3.05) is 6.61 Å². The molecule has 4 heteroatoms. The van der Waals surface area contributed by atoms with Crippen molar-refractivity contribution >= 4 is 0 Å². The molecule has 2 aliphatic rings. The third-order valence-electron chi connectivity index (χ3n) is 4.57. The summed E-state index contributed by atoms with van der Waals surface area (Å²) in [6.45, 7) is 2.93. The van der Waals surface area contributed by atoms with Gasteiger partial charge in [-0.15, -0.1) is 0 Å². The average molecular weight is 269 g/mol. The summed E-state index contributed by atoms with van der Waals surface area (Å²) in [7, 11) is 0. The van der Waals surface area contributed by atoms with Crippen molar-refractivity contribution in [3.8, 4) is 5.69 Å². The summed E-state index contributed by atoms with van der Waals surface area (Å²) in [5.41, 5.74) is 3.75. The lowest BCUT2D eigenvalue weighted by Crippen LogP contribution is -2.25. The zero-order valence-corrected chi connectivity index (χ0v) is 11.8. The Labute approximate surface area is 118 Å². The Morgan fingerprint density at radius 2 is 2.10 bits per heavy atom. The molecule has 20 heavy (non-hydrogen) atoms. The molecule has 1 aromatic carbocycles. The predicted octanol–water partition coefficient (Wildman–Crippen LogP) is 2.78. The summed E-state index contributed by atoms with van der Waals surface area (Å²) in [5.74, 6) is 0.924. The highest BCUT2D eigenvalue weighted by molar-refractivity contribution is 5.43. The quantitative estimate of drug-likeness (QED) is 0.841. The zero-order chi connectivity index (χ0) is 13.6. The Balaban J connectivity index is 1.78. The first-order valence-corrected chi connectivity index (χ1v) is 7.43. The normalized spacial score (nSPS) is 25.1. The molecule has 1 atom stereocenters. The van der Waals surface area contributed by atoms with E-state index in [0.717, 1.165) is 31.0 Å². The molecule has 2 heterocycles. The van der Waals surface area contributed by atoms with E-state index in [4.69, 9.17) is 4.74 Å². The molecule has 1 saturated heterocycles. The molecule has 2 aromatic rings. The van der Waals surface area contributed by atoms with Crippen LogP contribution in [0.4, 0.5) is 0 Å². The molecule has 104 valence electrons. The van der Waals surface area contributed by atoms with Crippen LogP contribution in [-0.4, -0.2) is 21.4 Å². The first-order valence-electron chi connectivity index (χ1n) is 7.43. The number of benzene rings is 1. The molecular formula is C16H19N3O. The molecule has 0 radical (unpaired) electrons. The maximum atomic E-state index is 5.92. The van der Waals surface area contributed by atoms with Gasteiger partial charge in [-0.3, -0.25) is 0 Å². The number of hydrogen-bond donors (Lipinski definition) is 0. The number of nitrogens with zero attached hydrogens (tertiary/aromatic N) is 3. The van der Waals surface area contributed by atoms with Gasteiger partial charge in [0.1, 0.15) is 11.9 Å². The van der Waals surface area contributed by atoms with Crippen LogP contribution in [0.2, 0.25) is 0 Å². The maximum absolute atomic E-state index is 5.92. The van der Waals surface area contributed by atoms with Crippen molar-refractivity contribution in [3.05, 3.63) is 41.5 Å². The fourth-order valence-corrected chi connectivity index (χ4v) is 3.44. The van der Waals surface area contributed by atoms with Crippen LogP contribution in [0.5, 0.6) is 0 Å². The number of aromatic nitrogens is 3. The molecule has 0 N–H and O–H groups in total. The van der Waals surface area contributed by atoms with Crippen LogP contribution in [0, 0.1) is 0 Å². The van der Waals surface area contributed by atoms with E-state index in [1.807, 2.05) is 4.68 Å². The zero-order valence-electron chi connectivity index (χ0n) is 11.8. The lowest BCUT2D eigenvalue weighted by Gasteiger charge is -2.22. The van der Waals surface area contributed by atoms with Gasteiger partial charge in [-0.05, 0) is 62.3 Å². The van der Waals surface area contributed by atoms with Gasteiger partial charge in [0.2, 0.25) is 0 Å². The molecule has 1 aliphatic carbocycles. The molecule has 1 fully saturated rings. The molecule has 0 saturated carbocycles. The summed E-state index contributed by atoms with van der Waals surface area (Å²) in [5, 5.41) is 4.43.